The zero-order chi connectivity index (χ0) is 19.8. The predicted molar refractivity (Wildman–Crippen MR) is 90.7 cm³/mol. The fraction of sp³-hybridized carbons (Fsp3) is 0.250. The van der Waals surface area contributed by atoms with Gasteiger partial charge in [0.25, 0.3) is 0 Å². The smallest absolute Gasteiger partial charge is 0.242 e. The monoisotopic (exact) mass is 417 g/mol. The highest BCUT2D eigenvalue weighted by Crippen LogP contribution is 2.40. The standard InChI is InChI=1S/C16H12Cl2F3N5O/c1-8(13-12(21)14(17)23-6-22-13)16(27,5-26-7-24-15(18)25-26)10-3-2-9(19)4-11(10)20/h2-4,6-8,27H,5H2,1H3/t8-,16+/m0/s1. The Labute approximate surface area is 161 Å². The van der Waals surface area contributed by atoms with Crippen molar-refractivity contribution in [1.82, 2.24) is 24.7 Å². The van der Waals surface area contributed by atoms with Gasteiger partial charge in [0.05, 0.1) is 12.2 Å². The molecule has 11 heteroatoms. The molecule has 0 unspecified atom stereocenters. The summed E-state index contributed by atoms with van der Waals surface area (Å²) in [4.78, 5) is 11.1. The Bertz CT molecular complexity index is 986. The molecular formula is C16H12Cl2F3N5O. The molecule has 1 N–H and O–H groups in total. The molecule has 0 aliphatic carbocycles. The van der Waals surface area contributed by atoms with Gasteiger partial charge in [-0.05, 0) is 17.7 Å². The maximum Gasteiger partial charge on any atom is 0.242 e. The minimum atomic E-state index is -2.09. The molecule has 3 aromatic rings. The largest absolute Gasteiger partial charge is 0.382 e. The van der Waals surface area contributed by atoms with Crippen LogP contribution in [-0.2, 0) is 12.1 Å². The fourth-order valence-electron chi connectivity index (χ4n) is 2.78. The normalized spacial score (nSPS) is 14.8. The average Bonchev–Trinajstić information content (AvgIpc) is 3.01. The Kier molecular flexibility index (Phi) is 5.36. The molecule has 0 radical (unpaired) electrons. The molecule has 27 heavy (non-hydrogen) atoms. The summed E-state index contributed by atoms with van der Waals surface area (Å²) in [5.41, 5.74) is -2.61. The molecule has 6 nitrogen and oxygen atoms in total. The lowest BCUT2D eigenvalue weighted by molar-refractivity contribution is -0.0133. The second-order valence-corrected chi connectivity index (χ2v) is 6.54. The molecule has 0 fully saturated rings. The zero-order valence-corrected chi connectivity index (χ0v) is 15.3. The summed E-state index contributed by atoms with van der Waals surface area (Å²) in [6.45, 7) is 1.06. The van der Waals surface area contributed by atoms with Crippen LogP contribution in [0.4, 0.5) is 13.2 Å². The molecule has 2 heterocycles. The fourth-order valence-corrected chi connectivity index (χ4v) is 3.06. The summed E-state index contributed by atoms with van der Waals surface area (Å²) in [6.07, 6.45) is 2.23. The Morgan fingerprint density at radius 1 is 1.19 bits per heavy atom. The first-order valence-electron chi connectivity index (χ1n) is 7.61. The van der Waals surface area contributed by atoms with Gasteiger partial charge in [-0.15, -0.1) is 5.10 Å². The Balaban J connectivity index is 2.15. The van der Waals surface area contributed by atoms with E-state index in [1.165, 1.54) is 13.3 Å². The molecule has 1 aromatic carbocycles. The van der Waals surface area contributed by atoms with Crippen molar-refractivity contribution in [3.05, 3.63) is 70.0 Å². The van der Waals surface area contributed by atoms with Gasteiger partial charge < -0.3 is 5.11 Å². The number of aromatic nitrogens is 5. The summed E-state index contributed by atoms with van der Waals surface area (Å²) in [6, 6.07) is 2.67. The van der Waals surface area contributed by atoms with E-state index in [1.807, 2.05) is 0 Å². The van der Waals surface area contributed by atoms with Gasteiger partial charge in [0.2, 0.25) is 5.28 Å². The highest BCUT2D eigenvalue weighted by Gasteiger charge is 2.42. The van der Waals surface area contributed by atoms with Crippen molar-refractivity contribution in [3.8, 4) is 0 Å². The third-order valence-corrected chi connectivity index (χ3v) is 4.65. The first-order chi connectivity index (χ1) is 12.7. The van der Waals surface area contributed by atoms with Gasteiger partial charge >= 0.3 is 0 Å². The van der Waals surface area contributed by atoms with Crippen LogP contribution in [0.25, 0.3) is 0 Å². The van der Waals surface area contributed by atoms with Crippen LogP contribution >= 0.6 is 23.2 Å². The van der Waals surface area contributed by atoms with Crippen molar-refractivity contribution in [2.45, 2.75) is 25.0 Å². The number of hydrogen-bond acceptors (Lipinski definition) is 5. The lowest BCUT2D eigenvalue weighted by Crippen LogP contribution is -2.39. The minimum Gasteiger partial charge on any atom is -0.382 e. The van der Waals surface area contributed by atoms with Gasteiger partial charge in [0.1, 0.15) is 29.9 Å². The summed E-state index contributed by atoms with van der Waals surface area (Å²) in [5.74, 6) is -3.92. The number of hydrogen-bond donors (Lipinski definition) is 1. The molecule has 0 bridgehead atoms. The van der Waals surface area contributed by atoms with E-state index >= 15 is 0 Å². The van der Waals surface area contributed by atoms with Crippen LogP contribution in [0.2, 0.25) is 10.4 Å². The molecule has 3 rings (SSSR count). The second-order valence-electron chi connectivity index (χ2n) is 5.84. The quantitative estimate of drug-likeness (QED) is 0.643. The molecule has 0 aliphatic rings. The van der Waals surface area contributed by atoms with Crippen molar-refractivity contribution in [3.63, 3.8) is 0 Å². The topological polar surface area (TPSA) is 76.7 Å². The number of halogens is 5. The van der Waals surface area contributed by atoms with Gasteiger partial charge in [0.15, 0.2) is 11.0 Å². The van der Waals surface area contributed by atoms with Crippen molar-refractivity contribution in [2.75, 3.05) is 0 Å². The lowest BCUT2D eigenvalue weighted by Gasteiger charge is -2.34. The van der Waals surface area contributed by atoms with Crippen molar-refractivity contribution in [2.24, 2.45) is 0 Å². The number of rotatable bonds is 5. The predicted octanol–water partition coefficient (Wildman–Crippen LogP) is 3.48. The van der Waals surface area contributed by atoms with E-state index in [1.54, 1.807) is 0 Å². The molecule has 0 saturated heterocycles. The Hall–Kier alpha value is -2.23. The van der Waals surface area contributed by atoms with Gasteiger partial charge in [-0.3, -0.25) is 0 Å². The number of aliphatic hydroxyl groups is 1. The van der Waals surface area contributed by atoms with E-state index < -0.39 is 34.1 Å². The van der Waals surface area contributed by atoms with Gasteiger partial charge in [-0.2, -0.15) is 0 Å². The molecular weight excluding hydrogens is 406 g/mol. The lowest BCUT2D eigenvalue weighted by atomic mass is 9.79. The number of nitrogens with zero attached hydrogens (tertiary/aromatic N) is 5. The van der Waals surface area contributed by atoms with Crippen LogP contribution < -0.4 is 0 Å². The molecule has 142 valence electrons. The van der Waals surface area contributed by atoms with E-state index in [-0.39, 0.29) is 23.1 Å². The van der Waals surface area contributed by atoms with E-state index in [0.29, 0.717) is 6.07 Å². The molecule has 0 amide bonds. The van der Waals surface area contributed by atoms with Crippen molar-refractivity contribution >= 4 is 23.2 Å². The molecule has 0 saturated carbocycles. The first-order valence-corrected chi connectivity index (χ1v) is 8.36. The highest BCUT2D eigenvalue weighted by atomic mass is 35.5. The van der Waals surface area contributed by atoms with Gasteiger partial charge in [0, 0.05) is 17.5 Å². The van der Waals surface area contributed by atoms with Gasteiger partial charge in [-0.25, -0.2) is 32.8 Å². The maximum atomic E-state index is 14.5. The molecule has 2 aromatic heterocycles. The second kappa shape index (κ2) is 7.41. The summed E-state index contributed by atoms with van der Waals surface area (Å²) in [5, 5.41) is 14.7. The minimum absolute atomic E-state index is 0.0964. The van der Waals surface area contributed by atoms with Crippen molar-refractivity contribution < 1.29 is 18.3 Å². The van der Waals surface area contributed by atoms with Crippen LogP contribution in [0.1, 0.15) is 24.1 Å². The molecule has 2 atom stereocenters. The first kappa shape index (κ1) is 19.5. The Morgan fingerprint density at radius 3 is 2.56 bits per heavy atom. The van der Waals surface area contributed by atoms with Crippen LogP contribution in [0.3, 0.4) is 0 Å². The summed E-state index contributed by atoms with van der Waals surface area (Å²) < 4.78 is 43.4. The highest BCUT2D eigenvalue weighted by molar-refractivity contribution is 6.29. The van der Waals surface area contributed by atoms with E-state index in [4.69, 9.17) is 23.2 Å². The number of benzene rings is 1. The van der Waals surface area contributed by atoms with Crippen molar-refractivity contribution in [1.29, 1.82) is 0 Å². The average molecular weight is 418 g/mol. The zero-order valence-electron chi connectivity index (χ0n) is 13.7. The third kappa shape index (κ3) is 3.76. The van der Waals surface area contributed by atoms with Crippen LogP contribution in [0.15, 0.2) is 30.9 Å². The van der Waals surface area contributed by atoms with Crippen LogP contribution in [-0.4, -0.2) is 29.8 Å². The van der Waals surface area contributed by atoms with E-state index in [0.717, 1.165) is 23.1 Å². The third-order valence-electron chi connectivity index (χ3n) is 4.21. The van der Waals surface area contributed by atoms with E-state index in [9.17, 15) is 18.3 Å². The van der Waals surface area contributed by atoms with Crippen LogP contribution in [0.5, 0.6) is 0 Å². The maximum absolute atomic E-state index is 14.5. The van der Waals surface area contributed by atoms with Gasteiger partial charge in [-0.1, -0.05) is 24.6 Å². The molecule has 0 aliphatic heterocycles. The van der Waals surface area contributed by atoms with Crippen LogP contribution in [0, 0.1) is 17.5 Å². The van der Waals surface area contributed by atoms with E-state index in [2.05, 4.69) is 20.1 Å². The summed E-state index contributed by atoms with van der Waals surface area (Å²) >= 11 is 11.4. The summed E-state index contributed by atoms with van der Waals surface area (Å²) in [7, 11) is 0. The molecule has 0 spiro atoms. The SMILES string of the molecule is C[C@@H](c1ncnc(Cl)c1F)[C@](O)(Cn1cnc(Cl)n1)c1ccc(F)cc1F. The Morgan fingerprint density at radius 2 is 1.93 bits per heavy atom.